The number of hydrogen-bond acceptors (Lipinski definition) is 3. The van der Waals surface area contributed by atoms with Crippen LogP contribution in [0.1, 0.15) is 35.9 Å². The van der Waals surface area contributed by atoms with Crippen LogP contribution in [-0.4, -0.2) is 18.4 Å². The zero-order chi connectivity index (χ0) is 9.84. The molecule has 1 rings (SSSR count). The van der Waals surface area contributed by atoms with Gasteiger partial charge in [0.15, 0.2) is 6.29 Å². The van der Waals surface area contributed by atoms with Crippen LogP contribution in [0.3, 0.4) is 0 Å². The zero-order valence-electron chi connectivity index (χ0n) is 8.07. The van der Waals surface area contributed by atoms with Crippen LogP contribution in [0.2, 0.25) is 0 Å². The van der Waals surface area contributed by atoms with Crippen molar-refractivity contribution in [3.63, 3.8) is 0 Å². The maximum atomic E-state index is 10.5. The Morgan fingerprint density at radius 2 is 2.15 bits per heavy atom. The number of carbonyl (C=O) groups excluding carboxylic acids is 1. The molecule has 3 heteroatoms. The van der Waals surface area contributed by atoms with Gasteiger partial charge in [0.05, 0.1) is 7.11 Å². The summed E-state index contributed by atoms with van der Waals surface area (Å²) in [6.07, 6.45) is 0.731. The molecular formula is C10H13NO2. The second kappa shape index (κ2) is 4.03. The SMILES string of the molecule is COc1cc(C=O)nc(C(C)C)c1. The van der Waals surface area contributed by atoms with Gasteiger partial charge in [-0.05, 0) is 5.92 Å². The fourth-order valence-electron chi connectivity index (χ4n) is 1.02. The molecule has 70 valence electrons. The monoisotopic (exact) mass is 179 g/mol. The van der Waals surface area contributed by atoms with Gasteiger partial charge in [0, 0.05) is 17.8 Å². The van der Waals surface area contributed by atoms with Crippen LogP contribution < -0.4 is 4.74 Å². The minimum atomic E-state index is 0.300. The summed E-state index contributed by atoms with van der Waals surface area (Å²) in [7, 11) is 1.58. The van der Waals surface area contributed by atoms with Gasteiger partial charge < -0.3 is 4.74 Å². The van der Waals surface area contributed by atoms with Gasteiger partial charge in [-0.15, -0.1) is 0 Å². The smallest absolute Gasteiger partial charge is 0.168 e. The third-order valence-electron chi connectivity index (χ3n) is 1.79. The second-order valence-corrected chi connectivity index (χ2v) is 3.13. The van der Waals surface area contributed by atoms with Crippen LogP contribution >= 0.6 is 0 Å². The van der Waals surface area contributed by atoms with E-state index in [1.54, 1.807) is 13.2 Å². The Hall–Kier alpha value is -1.38. The first-order valence-corrected chi connectivity index (χ1v) is 4.18. The first-order valence-electron chi connectivity index (χ1n) is 4.18. The first-order chi connectivity index (χ1) is 6.17. The molecule has 1 aromatic heterocycles. The zero-order valence-corrected chi connectivity index (χ0v) is 8.07. The van der Waals surface area contributed by atoms with E-state index in [0.29, 0.717) is 17.4 Å². The number of methoxy groups -OCH3 is 1. The fourth-order valence-corrected chi connectivity index (χ4v) is 1.02. The lowest BCUT2D eigenvalue weighted by Gasteiger charge is -2.07. The second-order valence-electron chi connectivity index (χ2n) is 3.13. The Labute approximate surface area is 77.8 Å². The number of aldehydes is 1. The predicted octanol–water partition coefficient (Wildman–Crippen LogP) is 2.03. The lowest BCUT2D eigenvalue weighted by atomic mass is 10.1. The van der Waals surface area contributed by atoms with Crippen LogP contribution in [0.5, 0.6) is 5.75 Å². The van der Waals surface area contributed by atoms with Crippen molar-refractivity contribution in [1.29, 1.82) is 0 Å². The summed E-state index contributed by atoms with van der Waals surface area (Å²) < 4.78 is 5.05. The molecule has 0 aliphatic rings. The van der Waals surface area contributed by atoms with Crippen LogP contribution in [0.4, 0.5) is 0 Å². The van der Waals surface area contributed by atoms with Crippen molar-refractivity contribution in [2.24, 2.45) is 0 Å². The van der Waals surface area contributed by atoms with Crippen molar-refractivity contribution in [2.75, 3.05) is 7.11 Å². The molecule has 0 aliphatic carbocycles. The van der Waals surface area contributed by atoms with Crippen LogP contribution in [0, 0.1) is 0 Å². The summed E-state index contributed by atoms with van der Waals surface area (Å²) in [6.45, 7) is 4.05. The van der Waals surface area contributed by atoms with Gasteiger partial charge in [-0.1, -0.05) is 13.8 Å². The largest absolute Gasteiger partial charge is 0.497 e. The molecule has 0 fully saturated rings. The van der Waals surface area contributed by atoms with Gasteiger partial charge >= 0.3 is 0 Å². The highest BCUT2D eigenvalue weighted by molar-refractivity contribution is 5.72. The summed E-state index contributed by atoms with van der Waals surface area (Å²) in [5.41, 5.74) is 1.30. The third-order valence-corrected chi connectivity index (χ3v) is 1.79. The molecule has 0 aliphatic heterocycles. The number of hydrogen-bond donors (Lipinski definition) is 0. The molecule has 0 N–H and O–H groups in total. The molecule has 0 saturated carbocycles. The van der Waals surface area contributed by atoms with Crippen molar-refractivity contribution < 1.29 is 9.53 Å². The number of nitrogens with zero attached hydrogens (tertiary/aromatic N) is 1. The van der Waals surface area contributed by atoms with Gasteiger partial charge in [0.1, 0.15) is 11.4 Å². The van der Waals surface area contributed by atoms with Crippen LogP contribution in [0.15, 0.2) is 12.1 Å². The lowest BCUT2D eigenvalue weighted by molar-refractivity contribution is 0.111. The average molecular weight is 179 g/mol. The van der Waals surface area contributed by atoms with Gasteiger partial charge in [0.2, 0.25) is 0 Å². The Morgan fingerprint density at radius 1 is 1.46 bits per heavy atom. The summed E-state index contributed by atoms with van der Waals surface area (Å²) in [4.78, 5) is 14.7. The average Bonchev–Trinajstić information content (AvgIpc) is 2.16. The quantitative estimate of drug-likeness (QED) is 0.666. The first kappa shape index (κ1) is 9.71. The molecule has 0 spiro atoms. The highest BCUT2D eigenvalue weighted by atomic mass is 16.5. The third kappa shape index (κ3) is 2.28. The minimum Gasteiger partial charge on any atom is -0.497 e. The summed E-state index contributed by atoms with van der Waals surface area (Å²) in [6, 6.07) is 3.47. The fraction of sp³-hybridized carbons (Fsp3) is 0.400. The Bertz CT molecular complexity index is 308. The molecule has 0 bridgehead atoms. The molecule has 0 radical (unpaired) electrons. The van der Waals surface area contributed by atoms with E-state index in [0.717, 1.165) is 12.0 Å². The van der Waals surface area contributed by atoms with E-state index in [9.17, 15) is 4.79 Å². The van der Waals surface area contributed by atoms with Crippen molar-refractivity contribution in [1.82, 2.24) is 4.98 Å². The topological polar surface area (TPSA) is 39.2 Å². The molecule has 0 atom stereocenters. The number of ether oxygens (including phenoxy) is 1. The standard InChI is InChI=1S/C10H13NO2/c1-7(2)10-5-9(13-3)4-8(6-12)11-10/h4-7H,1-3H3. The molecule has 0 amide bonds. The highest BCUT2D eigenvalue weighted by Crippen LogP contribution is 2.18. The lowest BCUT2D eigenvalue weighted by Crippen LogP contribution is -1.98. The van der Waals surface area contributed by atoms with Crippen molar-refractivity contribution in [3.8, 4) is 5.75 Å². The molecule has 0 unspecified atom stereocenters. The van der Waals surface area contributed by atoms with Gasteiger partial charge in [-0.3, -0.25) is 4.79 Å². The van der Waals surface area contributed by atoms with Gasteiger partial charge in [0.25, 0.3) is 0 Å². The maximum absolute atomic E-state index is 10.5. The predicted molar refractivity (Wildman–Crippen MR) is 50.3 cm³/mol. The van der Waals surface area contributed by atoms with E-state index < -0.39 is 0 Å². The number of aromatic nitrogens is 1. The van der Waals surface area contributed by atoms with E-state index in [2.05, 4.69) is 4.98 Å². The molecule has 1 aromatic rings. The van der Waals surface area contributed by atoms with E-state index in [-0.39, 0.29) is 0 Å². The molecule has 0 saturated heterocycles. The summed E-state index contributed by atoms with van der Waals surface area (Å²) >= 11 is 0. The Balaban J connectivity index is 3.14. The molecule has 3 nitrogen and oxygen atoms in total. The molecule has 0 aromatic carbocycles. The normalized spacial score (nSPS) is 10.2. The number of pyridine rings is 1. The summed E-state index contributed by atoms with van der Waals surface area (Å²) in [5, 5.41) is 0. The van der Waals surface area contributed by atoms with E-state index in [1.807, 2.05) is 19.9 Å². The van der Waals surface area contributed by atoms with E-state index >= 15 is 0 Å². The maximum Gasteiger partial charge on any atom is 0.168 e. The Kier molecular flexibility index (Phi) is 3.01. The van der Waals surface area contributed by atoms with Crippen molar-refractivity contribution in [2.45, 2.75) is 19.8 Å². The number of carbonyl (C=O) groups is 1. The van der Waals surface area contributed by atoms with Crippen molar-refractivity contribution >= 4 is 6.29 Å². The minimum absolute atomic E-state index is 0.300. The van der Waals surface area contributed by atoms with E-state index in [4.69, 9.17) is 4.74 Å². The van der Waals surface area contributed by atoms with Crippen LogP contribution in [0.25, 0.3) is 0 Å². The highest BCUT2D eigenvalue weighted by Gasteiger charge is 2.05. The molecule has 13 heavy (non-hydrogen) atoms. The molecular weight excluding hydrogens is 166 g/mol. The van der Waals surface area contributed by atoms with Gasteiger partial charge in [-0.2, -0.15) is 0 Å². The number of rotatable bonds is 3. The van der Waals surface area contributed by atoms with Crippen LogP contribution in [-0.2, 0) is 0 Å². The van der Waals surface area contributed by atoms with Crippen molar-refractivity contribution in [3.05, 3.63) is 23.5 Å². The molecule has 1 heterocycles. The summed E-state index contributed by atoms with van der Waals surface area (Å²) in [5.74, 6) is 0.981. The van der Waals surface area contributed by atoms with E-state index in [1.165, 1.54) is 0 Å². The Morgan fingerprint density at radius 3 is 2.62 bits per heavy atom. The van der Waals surface area contributed by atoms with Gasteiger partial charge in [-0.25, -0.2) is 4.98 Å².